The molecule has 3 nitrogen and oxygen atoms in total. The summed E-state index contributed by atoms with van der Waals surface area (Å²) in [5.41, 5.74) is 8.11. The minimum absolute atomic E-state index is 0.0164. The number of benzene rings is 3. The Morgan fingerprint density at radius 1 is 0.674 bits per heavy atom. The number of hydrogen-bond donors (Lipinski definition) is 0. The molecule has 0 spiro atoms. The fourth-order valence-corrected chi connectivity index (χ4v) is 8.54. The van der Waals surface area contributed by atoms with E-state index in [-0.39, 0.29) is 22.0 Å². The number of rotatable bonds is 7. The van der Waals surface area contributed by atoms with Crippen molar-refractivity contribution in [2.24, 2.45) is 0 Å². The zero-order valence-electron chi connectivity index (χ0n) is 28.5. The van der Waals surface area contributed by atoms with Crippen molar-refractivity contribution >= 4 is 15.5 Å². The van der Waals surface area contributed by atoms with Crippen LogP contribution in [-0.4, -0.2) is 15.5 Å². The summed E-state index contributed by atoms with van der Waals surface area (Å²) in [6, 6.07) is 20.9. The molecular formula is C39H55NO2S. The molecule has 0 radical (unpaired) electrons. The third-order valence-corrected chi connectivity index (χ3v) is 10.8. The zero-order chi connectivity index (χ0) is 31.8. The van der Waals surface area contributed by atoms with Gasteiger partial charge in [-0.15, -0.1) is 0 Å². The van der Waals surface area contributed by atoms with E-state index in [1.807, 2.05) is 24.3 Å². The first-order valence-electron chi connectivity index (χ1n) is 16.2. The second kappa shape index (κ2) is 12.4. The molecular weight excluding hydrogens is 547 g/mol. The summed E-state index contributed by atoms with van der Waals surface area (Å²) < 4.78 is 27.6. The molecule has 43 heavy (non-hydrogen) atoms. The highest BCUT2D eigenvalue weighted by Gasteiger charge is 2.28. The first-order chi connectivity index (χ1) is 19.9. The lowest BCUT2D eigenvalue weighted by atomic mass is 9.75. The van der Waals surface area contributed by atoms with Crippen molar-refractivity contribution < 1.29 is 8.42 Å². The van der Waals surface area contributed by atoms with Gasteiger partial charge in [0, 0.05) is 19.3 Å². The van der Waals surface area contributed by atoms with Gasteiger partial charge in [-0.05, 0) is 80.5 Å². The molecule has 0 unspecified atom stereocenters. The molecule has 0 heterocycles. The largest absolute Gasteiger partial charge is 0.370 e. The van der Waals surface area contributed by atoms with Crippen molar-refractivity contribution in [1.29, 1.82) is 0 Å². The van der Waals surface area contributed by atoms with Crippen LogP contribution in [0.3, 0.4) is 0 Å². The van der Waals surface area contributed by atoms with Crippen LogP contribution in [0, 0.1) is 0 Å². The maximum atomic E-state index is 13.8. The van der Waals surface area contributed by atoms with Gasteiger partial charge in [-0.2, -0.15) is 0 Å². The fraction of sp³-hybridized carbons (Fsp3) is 0.538. The van der Waals surface area contributed by atoms with E-state index in [4.69, 9.17) is 0 Å². The van der Waals surface area contributed by atoms with Gasteiger partial charge in [0.15, 0.2) is 9.84 Å². The van der Waals surface area contributed by atoms with E-state index >= 15 is 0 Å². The summed E-state index contributed by atoms with van der Waals surface area (Å²) in [5, 5.41) is 0. The predicted molar refractivity (Wildman–Crippen MR) is 184 cm³/mol. The Kier molecular flexibility index (Phi) is 9.62. The number of anilines is 1. The van der Waals surface area contributed by atoms with Gasteiger partial charge in [0.05, 0.1) is 10.6 Å². The van der Waals surface area contributed by atoms with Crippen molar-refractivity contribution in [1.82, 2.24) is 0 Å². The minimum Gasteiger partial charge on any atom is -0.370 e. The molecule has 0 saturated heterocycles. The Balaban J connectivity index is 1.70. The number of nitrogens with zero attached hydrogens (tertiary/aromatic N) is 1. The maximum absolute atomic E-state index is 13.8. The van der Waals surface area contributed by atoms with Gasteiger partial charge in [0.25, 0.3) is 0 Å². The predicted octanol–water partition coefficient (Wildman–Crippen LogP) is 10.2. The van der Waals surface area contributed by atoms with Crippen molar-refractivity contribution in [3.8, 4) is 0 Å². The average Bonchev–Trinajstić information content (AvgIpc) is 2.91. The SMILES string of the molecule is CN(Cc1ccc(C(C)(C)C)c(C2CCCCC2)c1)c1cc(CS(=O)(=O)c2ccccc2C(C)(C)C)ccc1C(C)(C)C. The molecule has 1 saturated carbocycles. The monoisotopic (exact) mass is 601 g/mol. The maximum Gasteiger partial charge on any atom is 0.182 e. The Morgan fingerprint density at radius 2 is 1.23 bits per heavy atom. The van der Waals surface area contributed by atoms with E-state index < -0.39 is 9.84 Å². The Hall–Kier alpha value is -2.59. The topological polar surface area (TPSA) is 37.4 Å². The normalized spacial score (nSPS) is 15.5. The lowest BCUT2D eigenvalue weighted by Crippen LogP contribution is -2.24. The van der Waals surface area contributed by atoms with E-state index in [0.29, 0.717) is 10.8 Å². The van der Waals surface area contributed by atoms with Gasteiger partial charge in [0.2, 0.25) is 0 Å². The second-order valence-corrected chi connectivity index (χ2v) is 17.9. The molecule has 0 bridgehead atoms. The molecule has 0 aliphatic heterocycles. The molecule has 0 atom stereocenters. The summed E-state index contributed by atoms with van der Waals surface area (Å²) in [6.07, 6.45) is 6.57. The number of sulfone groups is 1. The van der Waals surface area contributed by atoms with E-state index in [2.05, 4.69) is 105 Å². The van der Waals surface area contributed by atoms with Crippen LogP contribution in [0.1, 0.15) is 134 Å². The average molecular weight is 602 g/mol. The lowest BCUT2D eigenvalue weighted by molar-refractivity contribution is 0.434. The summed E-state index contributed by atoms with van der Waals surface area (Å²) in [4.78, 5) is 2.75. The molecule has 0 aromatic heterocycles. The molecule has 3 aromatic carbocycles. The van der Waals surface area contributed by atoms with E-state index in [1.54, 1.807) is 6.07 Å². The van der Waals surface area contributed by atoms with Gasteiger partial charge in [-0.25, -0.2) is 8.42 Å². The van der Waals surface area contributed by atoms with Crippen LogP contribution in [-0.2, 0) is 38.4 Å². The lowest BCUT2D eigenvalue weighted by Gasteiger charge is -2.32. The van der Waals surface area contributed by atoms with Gasteiger partial charge in [0.1, 0.15) is 0 Å². The van der Waals surface area contributed by atoms with Crippen LogP contribution in [0.5, 0.6) is 0 Å². The van der Waals surface area contributed by atoms with E-state index in [1.165, 1.54) is 54.4 Å². The molecule has 4 heteroatoms. The smallest absolute Gasteiger partial charge is 0.182 e. The molecule has 3 aromatic rings. The van der Waals surface area contributed by atoms with Crippen LogP contribution in [0.25, 0.3) is 0 Å². The van der Waals surface area contributed by atoms with Crippen LogP contribution in [0.15, 0.2) is 65.6 Å². The Morgan fingerprint density at radius 3 is 1.84 bits per heavy atom. The summed E-state index contributed by atoms with van der Waals surface area (Å²) in [7, 11) is -1.38. The van der Waals surface area contributed by atoms with Crippen LogP contribution in [0.4, 0.5) is 5.69 Å². The molecule has 4 rings (SSSR count). The third-order valence-electron chi connectivity index (χ3n) is 9.06. The summed E-state index contributed by atoms with van der Waals surface area (Å²) in [5.74, 6) is 0.625. The van der Waals surface area contributed by atoms with Crippen molar-refractivity contribution in [2.75, 3.05) is 11.9 Å². The highest BCUT2D eigenvalue weighted by Crippen LogP contribution is 2.40. The van der Waals surface area contributed by atoms with Gasteiger partial charge in [-0.1, -0.05) is 130 Å². The second-order valence-electron chi connectivity index (χ2n) is 16.0. The standard InChI is InChI=1S/C39H55NO2S/c1-37(2,3)32-22-20-28(24-31(32)30-16-12-11-13-17-30)26-40(10)35-25-29(21-23-33(35)38(4,5)6)27-43(41,42)36-19-15-14-18-34(36)39(7,8)9/h14-15,18-25,30H,11-13,16-17,26-27H2,1-10H3. The van der Waals surface area contributed by atoms with Crippen molar-refractivity contribution in [2.45, 2.75) is 134 Å². The van der Waals surface area contributed by atoms with Gasteiger partial charge in [-0.3, -0.25) is 0 Å². The van der Waals surface area contributed by atoms with Crippen LogP contribution >= 0.6 is 0 Å². The van der Waals surface area contributed by atoms with Crippen LogP contribution in [0.2, 0.25) is 0 Å². The fourth-order valence-electron chi connectivity index (χ4n) is 6.78. The number of hydrogen-bond acceptors (Lipinski definition) is 3. The van der Waals surface area contributed by atoms with Crippen molar-refractivity contribution in [3.63, 3.8) is 0 Å². The molecule has 234 valence electrons. The summed E-state index contributed by atoms with van der Waals surface area (Å²) in [6.45, 7) is 20.7. The molecule has 0 N–H and O–H groups in total. The van der Waals surface area contributed by atoms with Gasteiger partial charge < -0.3 is 4.90 Å². The quantitative estimate of drug-likeness (QED) is 0.270. The Bertz CT molecular complexity index is 1520. The molecule has 1 fully saturated rings. The highest BCUT2D eigenvalue weighted by atomic mass is 32.2. The summed E-state index contributed by atoms with van der Waals surface area (Å²) >= 11 is 0. The molecule has 0 amide bonds. The van der Waals surface area contributed by atoms with Crippen LogP contribution < -0.4 is 4.90 Å². The third kappa shape index (κ3) is 7.93. The molecule has 1 aliphatic rings. The van der Waals surface area contributed by atoms with E-state index in [9.17, 15) is 8.42 Å². The minimum atomic E-state index is -3.53. The molecule has 1 aliphatic carbocycles. The first kappa shape index (κ1) is 33.3. The van der Waals surface area contributed by atoms with Crippen molar-refractivity contribution in [3.05, 3.63) is 94.0 Å². The Labute approximate surface area is 263 Å². The highest BCUT2D eigenvalue weighted by molar-refractivity contribution is 7.90. The zero-order valence-corrected chi connectivity index (χ0v) is 29.3. The van der Waals surface area contributed by atoms with E-state index in [0.717, 1.165) is 23.4 Å². The first-order valence-corrected chi connectivity index (χ1v) is 17.8. The van der Waals surface area contributed by atoms with Gasteiger partial charge >= 0.3 is 0 Å².